The molecule has 1 fully saturated rings. The van der Waals surface area contributed by atoms with Crippen LogP contribution in [0.4, 0.5) is 5.82 Å². The van der Waals surface area contributed by atoms with Crippen LogP contribution in [0.3, 0.4) is 0 Å². The van der Waals surface area contributed by atoms with Crippen LogP contribution in [-0.2, 0) is 19.9 Å². The number of carbonyl (C=O) groups excluding carboxylic acids is 1. The Morgan fingerprint density at radius 3 is 2.68 bits per heavy atom. The maximum absolute atomic E-state index is 13.0. The normalized spacial score (nSPS) is 17.7. The van der Waals surface area contributed by atoms with Crippen molar-refractivity contribution in [2.24, 2.45) is 7.05 Å². The van der Waals surface area contributed by atoms with Crippen molar-refractivity contribution in [3.63, 3.8) is 0 Å². The van der Waals surface area contributed by atoms with Crippen molar-refractivity contribution in [2.75, 3.05) is 5.32 Å². The van der Waals surface area contributed by atoms with E-state index >= 15 is 0 Å². The minimum absolute atomic E-state index is 0.00661. The van der Waals surface area contributed by atoms with Gasteiger partial charge in [0.15, 0.2) is 0 Å². The zero-order valence-corrected chi connectivity index (χ0v) is 15.6. The Hall–Kier alpha value is -2.04. The van der Waals surface area contributed by atoms with E-state index in [9.17, 15) is 4.79 Å². The van der Waals surface area contributed by atoms with Crippen LogP contribution in [0.2, 0.25) is 0 Å². The Kier molecular flexibility index (Phi) is 4.18. The third-order valence-corrected chi connectivity index (χ3v) is 5.97. The fraction of sp³-hybridized carbons (Fsp3) is 0.600. The first kappa shape index (κ1) is 16.4. The first-order chi connectivity index (χ1) is 12.1. The molecule has 0 unspecified atom stereocenters. The zero-order chi connectivity index (χ0) is 17.6. The van der Waals surface area contributed by atoms with Crippen LogP contribution in [0.25, 0.3) is 0 Å². The summed E-state index contributed by atoms with van der Waals surface area (Å²) in [5.74, 6) is 0.868. The standard InChI is InChI=1S/C20H28N4O/c1-13-12-17(14(2)24(13)15-8-5-4-6-9-15)20(25)21-19-16-10-7-11-18(16)22-23(19)3/h12,15H,4-11H2,1-3H3,(H,21,25). The van der Waals surface area contributed by atoms with Crippen molar-refractivity contribution in [1.82, 2.24) is 14.3 Å². The average molecular weight is 340 g/mol. The van der Waals surface area contributed by atoms with Gasteiger partial charge in [-0.05, 0) is 52.0 Å². The maximum Gasteiger partial charge on any atom is 0.258 e. The number of hydrogen-bond acceptors (Lipinski definition) is 2. The Morgan fingerprint density at radius 1 is 1.16 bits per heavy atom. The van der Waals surface area contributed by atoms with Crippen LogP contribution in [0, 0.1) is 13.8 Å². The summed E-state index contributed by atoms with van der Waals surface area (Å²) in [7, 11) is 1.92. The molecule has 2 aliphatic rings. The molecule has 25 heavy (non-hydrogen) atoms. The largest absolute Gasteiger partial charge is 0.345 e. The molecule has 0 saturated heterocycles. The second-order valence-corrected chi connectivity index (χ2v) is 7.65. The Labute approximate surface area is 149 Å². The van der Waals surface area contributed by atoms with E-state index in [1.165, 1.54) is 43.4 Å². The summed E-state index contributed by atoms with van der Waals surface area (Å²) >= 11 is 0. The number of aryl methyl sites for hydroxylation is 3. The third kappa shape index (κ3) is 2.79. The minimum Gasteiger partial charge on any atom is -0.345 e. The van der Waals surface area contributed by atoms with Crippen LogP contribution in [0.15, 0.2) is 6.07 Å². The van der Waals surface area contributed by atoms with Gasteiger partial charge < -0.3 is 9.88 Å². The lowest BCUT2D eigenvalue weighted by atomic mass is 9.95. The number of carbonyl (C=O) groups is 1. The summed E-state index contributed by atoms with van der Waals surface area (Å²) in [5, 5.41) is 7.69. The van der Waals surface area contributed by atoms with Crippen molar-refractivity contribution in [3.8, 4) is 0 Å². The van der Waals surface area contributed by atoms with Crippen LogP contribution in [-0.4, -0.2) is 20.3 Å². The first-order valence-electron chi connectivity index (χ1n) is 9.60. The molecule has 0 aromatic carbocycles. The third-order valence-electron chi connectivity index (χ3n) is 5.97. The van der Waals surface area contributed by atoms with Gasteiger partial charge in [-0.2, -0.15) is 5.10 Å². The number of nitrogens with zero attached hydrogens (tertiary/aromatic N) is 3. The number of fused-ring (bicyclic) bond motifs is 1. The highest BCUT2D eigenvalue weighted by Crippen LogP contribution is 2.33. The summed E-state index contributed by atoms with van der Waals surface area (Å²) in [6, 6.07) is 2.60. The molecular weight excluding hydrogens is 312 g/mol. The first-order valence-corrected chi connectivity index (χ1v) is 9.60. The summed E-state index contributed by atoms with van der Waals surface area (Å²) in [4.78, 5) is 13.0. The number of nitrogens with one attached hydrogen (secondary N) is 1. The smallest absolute Gasteiger partial charge is 0.258 e. The van der Waals surface area contributed by atoms with Gasteiger partial charge in [0.2, 0.25) is 0 Å². The fourth-order valence-corrected chi connectivity index (χ4v) is 4.76. The van der Waals surface area contributed by atoms with E-state index in [4.69, 9.17) is 0 Å². The van der Waals surface area contributed by atoms with Crippen molar-refractivity contribution in [2.45, 2.75) is 71.3 Å². The lowest BCUT2D eigenvalue weighted by molar-refractivity contribution is 0.102. The van der Waals surface area contributed by atoms with Gasteiger partial charge in [0.05, 0.1) is 11.3 Å². The van der Waals surface area contributed by atoms with Gasteiger partial charge in [-0.3, -0.25) is 9.48 Å². The Bertz CT molecular complexity index is 808. The van der Waals surface area contributed by atoms with E-state index in [1.54, 1.807) is 0 Å². The number of rotatable bonds is 3. The summed E-state index contributed by atoms with van der Waals surface area (Å²) in [6.45, 7) is 4.21. The summed E-state index contributed by atoms with van der Waals surface area (Å²) in [6.07, 6.45) is 9.57. The van der Waals surface area contributed by atoms with E-state index < -0.39 is 0 Å². The van der Waals surface area contributed by atoms with Gasteiger partial charge in [-0.25, -0.2) is 0 Å². The molecule has 2 heterocycles. The molecule has 5 nitrogen and oxygen atoms in total. The molecule has 0 radical (unpaired) electrons. The molecule has 2 aliphatic carbocycles. The lowest BCUT2D eigenvalue weighted by Crippen LogP contribution is -2.18. The van der Waals surface area contributed by atoms with Crippen molar-refractivity contribution in [1.29, 1.82) is 0 Å². The molecule has 1 amide bonds. The summed E-state index contributed by atoms with van der Waals surface area (Å²) < 4.78 is 4.21. The predicted octanol–water partition coefficient (Wildman–Crippen LogP) is 4.08. The molecule has 0 aliphatic heterocycles. The molecule has 5 heteroatoms. The highest BCUT2D eigenvalue weighted by Gasteiger charge is 2.25. The minimum atomic E-state index is -0.00661. The van der Waals surface area contributed by atoms with Crippen molar-refractivity contribution >= 4 is 11.7 Å². The van der Waals surface area contributed by atoms with E-state index in [1.807, 2.05) is 11.7 Å². The van der Waals surface area contributed by atoms with Gasteiger partial charge in [0, 0.05) is 30.0 Å². The monoisotopic (exact) mass is 340 g/mol. The fourth-order valence-electron chi connectivity index (χ4n) is 4.76. The quantitative estimate of drug-likeness (QED) is 0.915. The zero-order valence-electron chi connectivity index (χ0n) is 15.6. The Morgan fingerprint density at radius 2 is 1.92 bits per heavy atom. The van der Waals surface area contributed by atoms with E-state index in [0.29, 0.717) is 6.04 Å². The molecule has 0 atom stereocenters. The highest BCUT2D eigenvalue weighted by molar-refractivity contribution is 6.05. The van der Waals surface area contributed by atoms with Gasteiger partial charge in [-0.1, -0.05) is 19.3 Å². The topological polar surface area (TPSA) is 51.9 Å². The molecular formula is C20H28N4O. The second kappa shape index (κ2) is 6.36. The van der Waals surface area contributed by atoms with Crippen LogP contribution in [0.1, 0.15) is 77.6 Å². The van der Waals surface area contributed by atoms with E-state index in [0.717, 1.165) is 42.0 Å². The van der Waals surface area contributed by atoms with Gasteiger partial charge in [-0.15, -0.1) is 0 Å². The molecule has 0 spiro atoms. The molecule has 1 N–H and O–H groups in total. The second-order valence-electron chi connectivity index (χ2n) is 7.65. The van der Waals surface area contributed by atoms with Crippen molar-refractivity contribution in [3.05, 3.63) is 34.3 Å². The van der Waals surface area contributed by atoms with Gasteiger partial charge in [0.25, 0.3) is 5.91 Å². The van der Waals surface area contributed by atoms with E-state index in [2.05, 4.69) is 34.9 Å². The molecule has 4 rings (SSSR count). The number of anilines is 1. The molecule has 1 saturated carbocycles. The van der Waals surface area contributed by atoms with E-state index in [-0.39, 0.29) is 5.91 Å². The van der Waals surface area contributed by atoms with Gasteiger partial charge >= 0.3 is 0 Å². The Balaban J connectivity index is 1.61. The molecule has 0 bridgehead atoms. The number of amides is 1. The number of aromatic nitrogens is 3. The van der Waals surface area contributed by atoms with Crippen LogP contribution >= 0.6 is 0 Å². The molecule has 2 aromatic heterocycles. The van der Waals surface area contributed by atoms with Crippen LogP contribution in [0.5, 0.6) is 0 Å². The van der Waals surface area contributed by atoms with Crippen molar-refractivity contribution < 1.29 is 4.79 Å². The van der Waals surface area contributed by atoms with Crippen LogP contribution < -0.4 is 5.32 Å². The lowest BCUT2D eigenvalue weighted by Gasteiger charge is -2.26. The highest BCUT2D eigenvalue weighted by atomic mass is 16.1. The maximum atomic E-state index is 13.0. The molecule has 2 aromatic rings. The van der Waals surface area contributed by atoms with Gasteiger partial charge in [0.1, 0.15) is 5.82 Å². The summed E-state index contributed by atoms with van der Waals surface area (Å²) in [5.41, 5.74) is 5.46. The average Bonchev–Trinajstić information content (AvgIpc) is 3.24. The number of hydrogen-bond donors (Lipinski definition) is 1. The SMILES string of the molecule is Cc1cc(C(=O)Nc2c3c(nn2C)CCC3)c(C)n1C1CCCCC1. The molecule has 134 valence electrons. The predicted molar refractivity (Wildman–Crippen MR) is 99.2 cm³/mol.